The van der Waals surface area contributed by atoms with E-state index in [2.05, 4.69) is 5.92 Å². The van der Waals surface area contributed by atoms with E-state index < -0.39 is 18.4 Å². The molecule has 0 rings (SSSR count). The molecule has 0 aliphatic heterocycles. The Bertz CT molecular complexity index is 275. The highest BCUT2D eigenvalue weighted by molar-refractivity contribution is 7.92. The third-order valence-corrected chi connectivity index (χ3v) is 3.92. The molecule has 0 radical (unpaired) electrons. The Balaban J connectivity index is 4.49. The molecule has 0 fully saturated rings. The first-order valence-corrected chi connectivity index (χ1v) is 7.97. The summed E-state index contributed by atoms with van der Waals surface area (Å²) in [6.45, 7) is 6.84. The van der Waals surface area contributed by atoms with Crippen LogP contribution in [0.2, 0.25) is 19.6 Å². The van der Waals surface area contributed by atoms with E-state index in [1.807, 2.05) is 5.25 Å². The van der Waals surface area contributed by atoms with E-state index in [-0.39, 0.29) is 0 Å². The van der Waals surface area contributed by atoms with Gasteiger partial charge in [0.05, 0.1) is 5.25 Å². The summed E-state index contributed by atoms with van der Waals surface area (Å²) in [6, 6.07) is 0. The van der Waals surface area contributed by atoms with Gasteiger partial charge in [-0.15, -0.1) is 0 Å². The van der Waals surface area contributed by atoms with Gasteiger partial charge in [-0.2, -0.15) is 8.42 Å². The molecule has 0 bridgehead atoms. The van der Waals surface area contributed by atoms with Crippen molar-refractivity contribution in [2.24, 2.45) is 0 Å². The fraction of sp³-hybridized carbons (Fsp3) is 0.667. The van der Waals surface area contributed by atoms with Crippen molar-refractivity contribution in [3.05, 3.63) is 0 Å². The lowest BCUT2D eigenvalue weighted by Gasteiger charge is -2.12. The Morgan fingerprint density at radius 1 is 1.27 bits per heavy atom. The fourth-order valence-corrected chi connectivity index (χ4v) is 3.52. The molecule has 0 aliphatic carbocycles. The zero-order chi connectivity index (χ0) is 9.12. The zero-order valence-corrected chi connectivity index (χ0v) is 8.95. The highest BCUT2D eigenvalue weighted by atomic mass is 32.2. The quantitative estimate of drug-likeness (QED) is 0.487. The van der Waals surface area contributed by atoms with Gasteiger partial charge in [0.1, 0.15) is 0 Å². The van der Waals surface area contributed by atoms with Crippen LogP contribution in [0.3, 0.4) is 0 Å². The standard InChI is InChI=1S/C6H12O3SSi/c1-5-6-10(7,8)9-11(2,3)4/h1-4H3. The van der Waals surface area contributed by atoms with Crippen LogP contribution in [0.5, 0.6) is 0 Å². The second-order valence-corrected chi connectivity index (χ2v) is 9.01. The Morgan fingerprint density at radius 2 is 1.73 bits per heavy atom. The summed E-state index contributed by atoms with van der Waals surface area (Å²) in [5.74, 6) is 2.29. The molecule has 0 heterocycles. The Morgan fingerprint density at radius 3 is 2.00 bits per heavy atom. The van der Waals surface area contributed by atoms with Gasteiger partial charge in [0.2, 0.25) is 8.32 Å². The second-order valence-electron chi connectivity index (χ2n) is 3.00. The summed E-state index contributed by atoms with van der Waals surface area (Å²) in [5, 5.41) is 2.01. The van der Waals surface area contributed by atoms with Crippen LogP contribution >= 0.6 is 0 Å². The first kappa shape index (κ1) is 10.7. The van der Waals surface area contributed by atoms with Gasteiger partial charge in [-0.25, -0.2) is 0 Å². The van der Waals surface area contributed by atoms with E-state index in [9.17, 15) is 8.42 Å². The summed E-state index contributed by atoms with van der Waals surface area (Å²) in [5.41, 5.74) is 0. The van der Waals surface area contributed by atoms with Crippen LogP contribution in [0.25, 0.3) is 0 Å². The molecule has 0 saturated carbocycles. The summed E-state index contributed by atoms with van der Waals surface area (Å²) in [4.78, 5) is 0. The van der Waals surface area contributed by atoms with Crippen molar-refractivity contribution < 1.29 is 12.3 Å². The highest BCUT2D eigenvalue weighted by Gasteiger charge is 2.22. The molecule has 11 heavy (non-hydrogen) atoms. The predicted octanol–water partition coefficient (Wildman–Crippen LogP) is 1.15. The normalized spacial score (nSPS) is 12.0. The van der Waals surface area contributed by atoms with Crippen molar-refractivity contribution in [2.45, 2.75) is 26.6 Å². The van der Waals surface area contributed by atoms with Crippen molar-refractivity contribution in [2.75, 3.05) is 0 Å². The minimum absolute atomic E-state index is 1.46. The Kier molecular flexibility index (Phi) is 3.29. The van der Waals surface area contributed by atoms with E-state index >= 15 is 0 Å². The third kappa shape index (κ3) is 6.10. The highest BCUT2D eigenvalue weighted by Crippen LogP contribution is 2.07. The van der Waals surface area contributed by atoms with E-state index in [4.69, 9.17) is 3.87 Å². The SMILES string of the molecule is CC#CS(=O)(=O)O[Si](C)(C)C. The number of rotatable bonds is 2. The third-order valence-electron chi connectivity index (χ3n) is 0.587. The molecule has 0 N–H and O–H groups in total. The molecular weight excluding hydrogens is 180 g/mol. The van der Waals surface area contributed by atoms with Gasteiger partial charge < -0.3 is 3.87 Å². The van der Waals surface area contributed by atoms with E-state index in [0.717, 1.165) is 0 Å². The molecule has 0 saturated heterocycles. The predicted molar refractivity (Wildman–Crippen MR) is 46.8 cm³/mol. The summed E-state index contributed by atoms with van der Waals surface area (Å²) in [7, 11) is -5.61. The van der Waals surface area contributed by atoms with Crippen LogP contribution in [0, 0.1) is 11.2 Å². The largest absolute Gasteiger partial charge is 0.328 e. The Hall–Kier alpha value is -0.313. The molecule has 64 valence electrons. The van der Waals surface area contributed by atoms with Crippen LogP contribution in [0.15, 0.2) is 0 Å². The van der Waals surface area contributed by atoms with Crippen molar-refractivity contribution >= 4 is 18.4 Å². The average Bonchev–Trinajstić information content (AvgIpc) is 1.55. The maximum Gasteiger partial charge on any atom is 0.328 e. The van der Waals surface area contributed by atoms with Crippen molar-refractivity contribution in [3.8, 4) is 11.2 Å². The van der Waals surface area contributed by atoms with Gasteiger partial charge in [-0.05, 0) is 26.6 Å². The molecule has 0 aliphatic rings. The van der Waals surface area contributed by atoms with Crippen molar-refractivity contribution in [1.82, 2.24) is 0 Å². The van der Waals surface area contributed by atoms with Gasteiger partial charge >= 0.3 is 10.1 Å². The lowest BCUT2D eigenvalue weighted by molar-refractivity contribution is 0.498. The maximum atomic E-state index is 10.9. The molecule has 0 unspecified atom stereocenters. The second kappa shape index (κ2) is 3.39. The average molecular weight is 192 g/mol. The summed E-state index contributed by atoms with van der Waals surface area (Å²) < 4.78 is 26.6. The molecular formula is C6H12O3SSi. The van der Waals surface area contributed by atoms with Crippen LogP contribution in [-0.2, 0) is 14.0 Å². The first-order valence-electron chi connectivity index (χ1n) is 3.16. The van der Waals surface area contributed by atoms with E-state index in [1.165, 1.54) is 6.92 Å². The summed E-state index contributed by atoms with van der Waals surface area (Å²) in [6.07, 6.45) is 0. The van der Waals surface area contributed by atoms with Gasteiger partial charge in [-0.1, -0.05) is 5.92 Å². The topological polar surface area (TPSA) is 43.4 Å². The lowest BCUT2D eigenvalue weighted by atomic mass is 10.9. The first-order chi connectivity index (χ1) is 4.77. The van der Waals surface area contributed by atoms with Crippen molar-refractivity contribution in [1.29, 1.82) is 0 Å². The van der Waals surface area contributed by atoms with Crippen LogP contribution in [-0.4, -0.2) is 16.7 Å². The smallest absolute Gasteiger partial charge is 0.306 e. The lowest BCUT2D eigenvalue weighted by Crippen LogP contribution is -2.28. The summed E-state index contributed by atoms with van der Waals surface area (Å²) >= 11 is 0. The molecule has 0 aromatic rings. The van der Waals surface area contributed by atoms with Crippen molar-refractivity contribution in [3.63, 3.8) is 0 Å². The number of hydrogen-bond acceptors (Lipinski definition) is 3. The van der Waals surface area contributed by atoms with Gasteiger partial charge in [0.25, 0.3) is 0 Å². The number of hydrogen-bond donors (Lipinski definition) is 0. The molecule has 3 nitrogen and oxygen atoms in total. The molecule has 5 heteroatoms. The molecule has 0 atom stereocenters. The molecule has 0 aromatic carbocycles. The minimum atomic E-state index is -3.59. The van der Waals surface area contributed by atoms with Gasteiger partial charge in [0.15, 0.2) is 0 Å². The van der Waals surface area contributed by atoms with E-state index in [1.54, 1.807) is 19.6 Å². The minimum Gasteiger partial charge on any atom is -0.306 e. The molecule has 0 aromatic heterocycles. The Labute approximate surface area is 69.0 Å². The van der Waals surface area contributed by atoms with E-state index in [0.29, 0.717) is 0 Å². The maximum absolute atomic E-state index is 10.9. The monoisotopic (exact) mass is 192 g/mol. The molecule has 0 spiro atoms. The van der Waals surface area contributed by atoms with Crippen LogP contribution in [0.4, 0.5) is 0 Å². The van der Waals surface area contributed by atoms with Crippen LogP contribution in [0.1, 0.15) is 6.92 Å². The van der Waals surface area contributed by atoms with Gasteiger partial charge in [-0.3, -0.25) is 0 Å². The zero-order valence-electron chi connectivity index (χ0n) is 7.13. The molecule has 0 amide bonds. The van der Waals surface area contributed by atoms with Gasteiger partial charge in [0, 0.05) is 0 Å². The fourth-order valence-electron chi connectivity index (χ4n) is 0.475. The van der Waals surface area contributed by atoms with Crippen LogP contribution < -0.4 is 0 Å².